The van der Waals surface area contributed by atoms with E-state index in [-0.39, 0.29) is 6.10 Å². The molecule has 0 radical (unpaired) electrons. The molecule has 0 atom stereocenters. The fraction of sp³-hybridized carbons (Fsp3) is 0.682. The number of benzene rings is 1. The summed E-state index contributed by atoms with van der Waals surface area (Å²) in [6, 6.07) is 8.31. The highest BCUT2D eigenvalue weighted by molar-refractivity contribution is 5.80. The van der Waals surface area contributed by atoms with Crippen LogP contribution in [0.3, 0.4) is 0 Å². The first-order chi connectivity index (χ1) is 14.2. The minimum Gasteiger partial charge on any atom is -0.497 e. The van der Waals surface area contributed by atoms with Gasteiger partial charge in [-0.25, -0.2) is 0 Å². The third-order valence-electron chi connectivity index (χ3n) is 5.80. The van der Waals surface area contributed by atoms with E-state index in [9.17, 15) is 5.11 Å². The van der Waals surface area contributed by atoms with Crippen LogP contribution in [-0.2, 0) is 0 Å². The van der Waals surface area contributed by atoms with Gasteiger partial charge in [0, 0.05) is 58.0 Å². The van der Waals surface area contributed by atoms with E-state index < -0.39 is 0 Å². The Hall–Kier alpha value is -1.99. The zero-order chi connectivity index (χ0) is 20.5. The summed E-state index contributed by atoms with van der Waals surface area (Å²) >= 11 is 0. The highest BCUT2D eigenvalue weighted by Gasteiger charge is 2.20. The Labute approximate surface area is 175 Å². The number of aliphatic hydroxyl groups is 1. The molecule has 2 aliphatic rings. The smallest absolute Gasteiger partial charge is 0.194 e. The molecule has 2 fully saturated rings. The predicted octanol–water partition coefficient (Wildman–Crippen LogP) is 1.63. The molecular weight excluding hydrogens is 366 g/mol. The molecule has 7 heteroatoms. The van der Waals surface area contributed by atoms with Gasteiger partial charge < -0.3 is 29.9 Å². The summed E-state index contributed by atoms with van der Waals surface area (Å²) in [6.07, 6.45) is 2.78. The maximum atomic E-state index is 9.62. The SMILES string of the molecule is CCNC(=NCCCN1CCC(O)CC1)N1CCN(c2ccc(OC)cc2)CC1. The number of piperidine rings is 1. The van der Waals surface area contributed by atoms with Crippen molar-refractivity contribution in [2.75, 3.05) is 70.9 Å². The number of nitrogens with zero attached hydrogens (tertiary/aromatic N) is 4. The average molecular weight is 404 g/mol. The third kappa shape index (κ3) is 6.51. The zero-order valence-electron chi connectivity index (χ0n) is 18.0. The second-order valence-corrected chi connectivity index (χ2v) is 7.83. The molecule has 0 spiro atoms. The molecule has 1 aromatic carbocycles. The zero-order valence-corrected chi connectivity index (χ0v) is 18.0. The topological polar surface area (TPSA) is 63.6 Å². The van der Waals surface area contributed by atoms with E-state index in [2.05, 4.69) is 39.1 Å². The largest absolute Gasteiger partial charge is 0.497 e. The average Bonchev–Trinajstić information content (AvgIpc) is 2.77. The number of hydrogen-bond acceptors (Lipinski definition) is 5. The summed E-state index contributed by atoms with van der Waals surface area (Å²) in [7, 11) is 1.70. The normalized spacial score (nSPS) is 19.5. The van der Waals surface area contributed by atoms with Crippen LogP contribution in [0, 0.1) is 0 Å². The number of ether oxygens (including phenoxy) is 1. The number of aliphatic imine (C=N–C) groups is 1. The molecular formula is C22H37N5O2. The van der Waals surface area contributed by atoms with E-state index in [4.69, 9.17) is 9.73 Å². The summed E-state index contributed by atoms with van der Waals surface area (Å²) in [5.41, 5.74) is 1.25. The first-order valence-corrected chi connectivity index (χ1v) is 11.0. The molecule has 162 valence electrons. The number of guanidine groups is 1. The third-order valence-corrected chi connectivity index (χ3v) is 5.80. The molecule has 0 aromatic heterocycles. The number of aliphatic hydroxyl groups excluding tert-OH is 1. The van der Waals surface area contributed by atoms with E-state index >= 15 is 0 Å². The second kappa shape index (κ2) is 11.3. The lowest BCUT2D eigenvalue weighted by atomic mass is 10.1. The maximum Gasteiger partial charge on any atom is 0.194 e. The van der Waals surface area contributed by atoms with Gasteiger partial charge in [0.25, 0.3) is 0 Å². The van der Waals surface area contributed by atoms with Gasteiger partial charge in [0.15, 0.2) is 5.96 Å². The molecule has 0 aliphatic carbocycles. The van der Waals surface area contributed by atoms with Crippen molar-refractivity contribution in [3.05, 3.63) is 24.3 Å². The highest BCUT2D eigenvalue weighted by Crippen LogP contribution is 2.20. The van der Waals surface area contributed by atoms with Gasteiger partial charge in [0.2, 0.25) is 0 Å². The molecule has 2 heterocycles. The summed E-state index contributed by atoms with van der Waals surface area (Å²) in [6.45, 7) is 10.9. The minimum absolute atomic E-state index is 0.0961. The lowest BCUT2D eigenvalue weighted by Gasteiger charge is -2.37. The molecule has 2 aliphatic heterocycles. The molecule has 1 aromatic rings. The van der Waals surface area contributed by atoms with Gasteiger partial charge >= 0.3 is 0 Å². The number of piperazine rings is 1. The lowest BCUT2D eigenvalue weighted by molar-refractivity contribution is 0.0824. The van der Waals surface area contributed by atoms with Crippen molar-refractivity contribution in [1.29, 1.82) is 0 Å². The van der Waals surface area contributed by atoms with Gasteiger partial charge in [-0.15, -0.1) is 0 Å². The Morgan fingerprint density at radius 1 is 1.10 bits per heavy atom. The Morgan fingerprint density at radius 2 is 1.79 bits per heavy atom. The van der Waals surface area contributed by atoms with E-state index in [1.54, 1.807) is 7.11 Å². The van der Waals surface area contributed by atoms with Crippen LogP contribution in [0.1, 0.15) is 26.2 Å². The van der Waals surface area contributed by atoms with Crippen LogP contribution < -0.4 is 15.0 Å². The van der Waals surface area contributed by atoms with Crippen LogP contribution in [-0.4, -0.2) is 93.0 Å². The fourth-order valence-electron chi connectivity index (χ4n) is 4.02. The van der Waals surface area contributed by atoms with Crippen LogP contribution in [0.2, 0.25) is 0 Å². The summed E-state index contributed by atoms with van der Waals surface area (Å²) < 4.78 is 5.26. The van der Waals surface area contributed by atoms with Crippen LogP contribution in [0.4, 0.5) is 5.69 Å². The number of nitrogens with one attached hydrogen (secondary N) is 1. The standard InChI is InChI=1S/C22H37N5O2/c1-3-23-22(24-11-4-12-25-13-9-20(28)10-14-25)27-17-15-26(16-18-27)19-5-7-21(29-2)8-6-19/h5-8,20,28H,3-4,9-18H2,1-2H3,(H,23,24). The van der Waals surface area contributed by atoms with Gasteiger partial charge in [-0.2, -0.15) is 0 Å². The van der Waals surface area contributed by atoms with E-state index in [1.165, 1.54) is 5.69 Å². The Kier molecular flexibility index (Phi) is 8.43. The van der Waals surface area contributed by atoms with Gasteiger partial charge in [0.1, 0.15) is 5.75 Å². The number of hydrogen-bond donors (Lipinski definition) is 2. The number of likely N-dealkylation sites (tertiary alicyclic amines) is 1. The molecule has 2 N–H and O–H groups in total. The molecule has 0 saturated carbocycles. The first kappa shape index (κ1) is 21.7. The summed E-state index contributed by atoms with van der Waals surface area (Å²) in [4.78, 5) is 12.1. The molecule has 0 bridgehead atoms. The van der Waals surface area contributed by atoms with Crippen molar-refractivity contribution in [3.8, 4) is 5.75 Å². The minimum atomic E-state index is -0.0961. The predicted molar refractivity (Wildman–Crippen MR) is 119 cm³/mol. The van der Waals surface area contributed by atoms with Crippen LogP contribution in [0.15, 0.2) is 29.3 Å². The summed E-state index contributed by atoms with van der Waals surface area (Å²) in [5.74, 6) is 1.94. The van der Waals surface area contributed by atoms with Crippen molar-refractivity contribution >= 4 is 11.6 Å². The van der Waals surface area contributed by atoms with Gasteiger partial charge in [-0.3, -0.25) is 4.99 Å². The summed E-state index contributed by atoms with van der Waals surface area (Å²) in [5, 5.41) is 13.1. The van der Waals surface area contributed by atoms with Crippen LogP contribution in [0.5, 0.6) is 5.75 Å². The second-order valence-electron chi connectivity index (χ2n) is 7.83. The Balaban J connectivity index is 1.44. The first-order valence-electron chi connectivity index (χ1n) is 11.0. The maximum absolute atomic E-state index is 9.62. The van der Waals surface area contributed by atoms with Crippen LogP contribution in [0.25, 0.3) is 0 Å². The van der Waals surface area contributed by atoms with Crippen molar-refractivity contribution in [3.63, 3.8) is 0 Å². The quantitative estimate of drug-likeness (QED) is 0.410. The van der Waals surface area contributed by atoms with Crippen LogP contribution >= 0.6 is 0 Å². The number of rotatable bonds is 7. The molecule has 0 amide bonds. The molecule has 2 saturated heterocycles. The lowest BCUT2D eigenvalue weighted by Crippen LogP contribution is -2.52. The molecule has 3 rings (SSSR count). The van der Waals surface area contributed by atoms with E-state index in [0.29, 0.717) is 0 Å². The Morgan fingerprint density at radius 3 is 2.41 bits per heavy atom. The van der Waals surface area contributed by atoms with E-state index in [0.717, 1.165) is 89.9 Å². The fourth-order valence-corrected chi connectivity index (χ4v) is 4.02. The van der Waals surface area contributed by atoms with Crippen molar-refractivity contribution in [2.24, 2.45) is 4.99 Å². The van der Waals surface area contributed by atoms with Gasteiger partial charge in [-0.1, -0.05) is 0 Å². The number of methoxy groups -OCH3 is 1. The van der Waals surface area contributed by atoms with Crippen molar-refractivity contribution in [2.45, 2.75) is 32.3 Å². The van der Waals surface area contributed by atoms with Gasteiger partial charge in [0.05, 0.1) is 13.2 Å². The number of anilines is 1. The molecule has 29 heavy (non-hydrogen) atoms. The van der Waals surface area contributed by atoms with Crippen molar-refractivity contribution < 1.29 is 9.84 Å². The monoisotopic (exact) mass is 403 g/mol. The molecule has 7 nitrogen and oxygen atoms in total. The van der Waals surface area contributed by atoms with Crippen molar-refractivity contribution in [1.82, 2.24) is 15.1 Å². The Bertz CT molecular complexity index is 621. The van der Waals surface area contributed by atoms with E-state index in [1.807, 2.05) is 12.1 Å². The molecule has 0 unspecified atom stereocenters. The highest BCUT2D eigenvalue weighted by atomic mass is 16.5. The van der Waals surface area contributed by atoms with Gasteiger partial charge in [-0.05, 0) is 57.0 Å².